The first-order valence-electron chi connectivity index (χ1n) is 11.9. The quantitative estimate of drug-likeness (QED) is 0.410. The van der Waals surface area contributed by atoms with E-state index in [0.717, 1.165) is 64.2 Å². The van der Waals surface area contributed by atoms with Crippen molar-refractivity contribution in [3.63, 3.8) is 0 Å². The van der Waals surface area contributed by atoms with E-state index < -0.39 is 10.8 Å². The van der Waals surface area contributed by atoms with Crippen molar-refractivity contribution >= 4 is 28.3 Å². The number of hydrogen-bond donors (Lipinski definition) is 2. The third kappa shape index (κ3) is 8.22. The van der Waals surface area contributed by atoms with Crippen LogP contribution in [0, 0.1) is 10.8 Å². The van der Waals surface area contributed by atoms with Crippen LogP contribution in [0.3, 0.4) is 0 Å². The highest BCUT2D eigenvalue weighted by Crippen LogP contribution is 2.39. The van der Waals surface area contributed by atoms with Gasteiger partial charge in [0.1, 0.15) is 5.78 Å². The number of aliphatic hydroxyl groups excluding tert-OH is 2. The Morgan fingerprint density at radius 3 is 2.00 bits per heavy atom. The summed E-state index contributed by atoms with van der Waals surface area (Å²) in [6.07, 6.45) is 10.7. The highest BCUT2D eigenvalue weighted by atomic mass is 32.2. The maximum Gasteiger partial charge on any atom is 0.146 e. The molecule has 0 aromatic heterocycles. The molecule has 4 nitrogen and oxygen atoms in total. The Morgan fingerprint density at radius 2 is 1.43 bits per heavy atom. The second kappa shape index (κ2) is 11.8. The average Bonchev–Trinajstić information content (AvgIpc) is 3.22. The minimum atomic E-state index is -0.771. The van der Waals surface area contributed by atoms with Crippen molar-refractivity contribution in [2.45, 2.75) is 119 Å². The van der Waals surface area contributed by atoms with Gasteiger partial charge in [0.05, 0.1) is 5.25 Å². The van der Waals surface area contributed by atoms with Gasteiger partial charge in [0, 0.05) is 46.2 Å². The normalized spacial score (nSPS) is 30.3. The molecule has 2 heterocycles. The van der Waals surface area contributed by atoms with Gasteiger partial charge in [-0.2, -0.15) is 0 Å². The second-order valence-electron chi connectivity index (χ2n) is 11.1. The predicted molar refractivity (Wildman–Crippen MR) is 128 cm³/mol. The minimum absolute atomic E-state index is 0.0242. The molecule has 2 aliphatic rings. The third-order valence-corrected chi connectivity index (χ3v) is 10.8. The van der Waals surface area contributed by atoms with Crippen molar-refractivity contribution in [2.75, 3.05) is 13.2 Å². The number of aliphatic hydroxyl groups is 2. The number of Topliss-reactive ketones (excluding diaryl/α,β-unsaturated/α-hetero) is 1. The molecule has 2 rings (SSSR count). The second-order valence-corrected chi connectivity index (χ2v) is 14.6. The molecule has 2 aliphatic heterocycles. The Bertz CT molecular complexity index is 574. The molecule has 0 spiro atoms. The Morgan fingerprint density at radius 1 is 0.900 bits per heavy atom. The van der Waals surface area contributed by atoms with Crippen LogP contribution in [0.1, 0.15) is 98.3 Å². The molecule has 5 unspecified atom stereocenters. The summed E-state index contributed by atoms with van der Waals surface area (Å²) in [4.78, 5) is 12.5. The van der Waals surface area contributed by atoms with E-state index in [1.807, 2.05) is 11.8 Å². The summed E-state index contributed by atoms with van der Waals surface area (Å²) in [6, 6.07) is 0. The van der Waals surface area contributed by atoms with Crippen LogP contribution in [-0.2, 0) is 15.6 Å². The number of carbonyl (C=O) groups excluding carboxylic acids is 1. The molecule has 0 saturated carbocycles. The van der Waals surface area contributed by atoms with Gasteiger partial charge in [-0.25, -0.2) is 0 Å². The molecule has 2 fully saturated rings. The summed E-state index contributed by atoms with van der Waals surface area (Å²) in [7, 11) is -0.771. The smallest absolute Gasteiger partial charge is 0.146 e. The summed E-state index contributed by atoms with van der Waals surface area (Å²) in [5, 5.41) is 19.9. The molecule has 0 aromatic carbocycles. The Labute approximate surface area is 190 Å². The van der Waals surface area contributed by atoms with Crippen LogP contribution in [0.5, 0.6) is 0 Å². The number of hydrogen-bond acceptors (Lipinski definition) is 5. The van der Waals surface area contributed by atoms with Crippen molar-refractivity contribution in [2.24, 2.45) is 10.8 Å². The van der Waals surface area contributed by atoms with Gasteiger partial charge >= 0.3 is 0 Å². The van der Waals surface area contributed by atoms with E-state index in [1.54, 1.807) is 0 Å². The zero-order chi connectivity index (χ0) is 22.4. The van der Waals surface area contributed by atoms with Gasteiger partial charge in [-0.3, -0.25) is 9.00 Å². The first-order chi connectivity index (χ1) is 14.1. The van der Waals surface area contributed by atoms with Gasteiger partial charge in [0.2, 0.25) is 0 Å². The van der Waals surface area contributed by atoms with Crippen LogP contribution in [0.15, 0.2) is 0 Å². The van der Waals surface area contributed by atoms with Crippen LogP contribution in [0.4, 0.5) is 0 Å². The lowest BCUT2D eigenvalue weighted by atomic mass is 9.87. The zero-order valence-corrected chi connectivity index (χ0v) is 21.2. The molecular formula is C24H44O4S2. The molecule has 6 heteroatoms. The third-order valence-electron chi connectivity index (χ3n) is 6.98. The number of rotatable bonds is 13. The highest BCUT2D eigenvalue weighted by molar-refractivity contribution is 8.01. The molecule has 0 radical (unpaired) electrons. The molecule has 5 atom stereocenters. The summed E-state index contributed by atoms with van der Waals surface area (Å²) in [6.45, 7) is 8.76. The monoisotopic (exact) mass is 460 g/mol. The molecule has 30 heavy (non-hydrogen) atoms. The Hall–Kier alpha value is 0.0900. The lowest BCUT2D eigenvalue weighted by Crippen LogP contribution is -2.20. The standard InChI is InChI=1S/C24H44O4S2/c1-23(2,16-25)13-5-7-18-15-21(27)22(29-18)12-11-20-10-9-19(30(20)28)8-6-14-24(3,4)17-26/h18-20,22,25-26H,5-17H2,1-4H3. The van der Waals surface area contributed by atoms with Crippen LogP contribution in [-0.4, -0.2) is 54.4 Å². The van der Waals surface area contributed by atoms with E-state index in [-0.39, 0.29) is 34.5 Å². The fourth-order valence-electron chi connectivity index (χ4n) is 4.62. The highest BCUT2D eigenvalue weighted by Gasteiger charge is 2.36. The lowest BCUT2D eigenvalue weighted by molar-refractivity contribution is -0.118. The van der Waals surface area contributed by atoms with E-state index in [0.29, 0.717) is 22.7 Å². The summed E-state index contributed by atoms with van der Waals surface area (Å²) in [5.74, 6) is 0.387. The first-order valence-corrected chi connectivity index (χ1v) is 14.1. The molecule has 0 aromatic rings. The van der Waals surface area contributed by atoms with Crippen molar-refractivity contribution in [1.82, 2.24) is 0 Å². The predicted octanol–water partition coefficient (Wildman–Crippen LogP) is 4.87. The Balaban J connectivity index is 1.68. The summed E-state index contributed by atoms with van der Waals surface area (Å²) >= 11 is 1.85. The van der Waals surface area contributed by atoms with Crippen molar-refractivity contribution in [1.29, 1.82) is 0 Å². The topological polar surface area (TPSA) is 74.6 Å². The van der Waals surface area contributed by atoms with E-state index in [1.165, 1.54) is 0 Å². The molecule has 2 N–H and O–H groups in total. The van der Waals surface area contributed by atoms with Crippen LogP contribution in [0.2, 0.25) is 0 Å². The van der Waals surface area contributed by atoms with Crippen molar-refractivity contribution < 1.29 is 19.2 Å². The van der Waals surface area contributed by atoms with Crippen LogP contribution < -0.4 is 0 Å². The summed E-state index contributed by atoms with van der Waals surface area (Å²) < 4.78 is 12.9. The molecule has 0 aliphatic carbocycles. The van der Waals surface area contributed by atoms with Gasteiger partial charge in [-0.05, 0) is 62.2 Å². The largest absolute Gasteiger partial charge is 0.396 e. The maximum absolute atomic E-state index is 12.9. The maximum atomic E-state index is 12.9. The molecule has 0 amide bonds. The lowest BCUT2D eigenvalue weighted by Gasteiger charge is -2.22. The van der Waals surface area contributed by atoms with Gasteiger partial charge < -0.3 is 10.2 Å². The molecular weight excluding hydrogens is 416 g/mol. The average molecular weight is 461 g/mol. The van der Waals surface area contributed by atoms with E-state index in [4.69, 9.17) is 0 Å². The Kier molecular flexibility index (Phi) is 10.4. The molecule has 2 saturated heterocycles. The zero-order valence-electron chi connectivity index (χ0n) is 19.5. The van der Waals surface area contributed by atoms with E-state index in [9.17, 15) is 19.2 Å². The van der Waals surface area contributed by atoms with Crippen LogP contribution in [0.25, 0.3) is 0 Å². The van der Waals surface area contributed by atoms with E-state index >= 15 is 0 Å². The molecule has 176 valence electrons. The molecule has 0 bridgehead atoms. The first kappa shape index (κ1) is 26.3. The minimum Gasteiger partial charge on any atom is -0.396 e. The summed E-state index contributed by atoms with van der Waals surface area (Å²) in [5.41, 5.74) is -0.0620. The number of carbonyl (C=O) groups is 1. The fourth-order valence-corrected chi connectivity index (χ4v) is 8.22. The van der Waals surface area contributed by atoms with Gasteiger partial charge in [0.25, 0.3) is 0 Å². The van der Waals surface area contributed by atoms with E-state index in [2.05, 4.69) is 27.7 Å². The van der Waals surface area contributed by atoms with Gasteiger partial charge in [0.15, 0.2) is 0 Å². The number of thioether (sulfide) groups is 1. The fraction of sp³-hybridized carbons (Fsp3) is 0.958. The van der Waals surface area contributed by atoms with Crippen molar-refractivity contribution in [3.05, 3.63) is 0 Å². The van der Waals surface area contributed by atoms with Gasteiger partial charge in [-0.15, -0.1) is 11.8 Å². The van der Waals surface area contributed by atoms with Crippen LogP contribution >= 0.6 is 11.8 Å². The number of ketones is 1. The SMILES string of the molecule is CC(C)(CO)CCCC1CC(=O)C(CCC2CCC(CCCC(C)(C)CO)S2=O)S1. The van der Waals surface area contributed by atoms with Gasteiger partial charge in [-0.1, -0.05) is 40.5 Å². The van der Waals surface area contributed by atoms with Crippen molar-refractivity contribution in [3.8, 4) is 0 Å².